The average Bonchev–Trinajstić information content (AvgIpc) is 3.60. The molecule has 10 aromatic rings. The predicted molar refractivity (Wildman–Crippen MR) is 200 cm³/mol. The van der Waals surface area contributed by atoms with Crippen molar-refractivity contribution in [3.63, 3.8) is 0 Å². The van der Waals surface area contributed by atoms with E-state index in [4.69, 9.17) is 9.90 Å². The Morgan fingerprint density at radius 1 is 0.362 bits per heavy atom. The molecular formula is C46H28O. The Kier molecular flexibility index (Phi) is 4.19. The summed E-state index contributed by atoms with van der Waals surface area (Å²) < 4.78 is 78.5. The monoisotopic (exact) mass is 604 g/mol. The van der Waals surface area contributed by atoms with Crippen molar-refractivity contribution < 1.29 is 15.4 Å². The smallest absolute Gasteiger partial charge is 0.135 e. The van der Waals surface area contributed by atoms with Gasteiger partial charge in [-0.3, -0.25) is 0 Å². The molecule has 0 N–H and O–H groups in total. The number of furan rings is 1. The average molecular weight is 605 g/mol. The molecule has 47 heavy (non-hydrogen) atoms. The van der Waals surface area contributed by atoms with Crippen LogP contribution in [0.15, 0.2) is 174 Å². The van der Waals surface area contributed by atoms with Crippen molar-refractivity contribution in [3.05, 3.63) is 170 Å². The topological polar surface area (TPSA) is 13.1 Å². The van der Waals surface area contributed by atoms with Crippen molar-refractivity contribution in [1.82, 2.24) is 0 Å². The van der Waals surface area contributed by atoms with Crippen molar-refractivity contribution in [2.75, 3.05) is 0 Å². The van der Waals surface area contributed by atoms with E-state index in [1.54, 1.807) is 12.1 Å². The van der Waals surface area contributed by atoms with E-state index in [-0.39, 0.29) is 45.7 Å². The maximum absolute atomic E-state index is 9.32. The number of benzene rings is 9. The first-order valence-corrected chi connectivity index (χ1v) is 15.5. The zero-order chi connectivity index (χ0) is 37.9. The van der Waals surface area contributed by atoms with E-state index in [0.29, 0.717) is 33.4 Å². The van der Waals surface area contributed by atoms with Crippen LogP contribution in [0.3, 0.4) is 0 Å². The summed E-state index contributed by atoms with van der Waals surface area (Å²) in [4.78, 5) is 0. The molecule has 0 aliphatic carbocycles. The van der Waals surface area contributed by atoms with Crippen LogP contribution in [0.1, 0.15) is 11.0 Å². The fourth-order valence-electron chi connectivity index (χ4n) is 7.19. The van der Waals surface area contributed by atoms with Gasteiger partial charge in [0.2, 0.25) is 0 Å². The van der Waals surface area contributed by atoms with E-state index < -0.39 is 24.2 Å². The Bertz CT molecular complexity index is 3210. The molecule has 0 amide bonds. The molecule has 0 saturated carbocycles. The summed E-state index contributed by atoms with van der Waals surface area (Å²) in [5.74, 6) is 0. The van der Waals surface area contributed by atoms with E-state index in [1.165, 1.54) is 0 Å². The Balaban J connectivity index is 1.31. The molecule has 0 unspecified atom stereocenters. The summed E-state index contributed by atoms with van der Waals surface area (Å²) in [6.07, 6.45) is 0. The van der Waals surface area contributed by atoms with Crippen LogP contribution in [0.5, 0.6) is 0 Å². The van der Waals surface area contributed by atoms with Crippen LogP contribution >= 0.6 is 0 Å². The second-order valence-electron chi connectivity index (χ2n) is 11.8. The standard InChI is InChI=1S/C46H28O/c1-2-11-33-29(10-1)24-26-36-34(17-9-18-35(33)36)30-20-22-31(23-21-30)45-38-13-3-5-15-40(38)46(41-16-6-4-14-39(41)45)32-25-27-44-42(28-32)37-12-7-8-19-43(37)47-44/h1-28H/i3D,4D,5D,6D,13D,14D,15D,16D. The maximum Gasteiger partial charge on any atom is 0.135 e. The lowest BCUT2D eigenvalue weighted by molar-refractivity contribution is 0.669. The zero-order valence-corrected chi connectivity index (χ0v) is 25.0. The van der Waals surface area contributed by atoms with Gasteiger partial charge in [0.1, 0.15) is 11.2 Å². The molecule has 1 heteroatoms. The van der Waals surface area contributed by atoms with Gasteiger partial charge in [-0.25, -0.2) is 0 Å². The first kappa shape index (κ1) is 19.4. The summed E-state index contributed by atoms with van der Waals surface area (Å²) in [7, 11) is 0. The minimum atomic E-state index is -0.432. The van der Waals surface area contributed by atoms with Gasteiger partial charge in [-0.05, 0) is 94.7 Å². The van der Waals surface area contributed by atoms with Gasteiger partial charge < -0.3 is 4.42 Å². The van der Waals surface area contributed by atoms with Gasteiger partial charge >= 0.3 is 0 Å². The summed E-state index contributed by atoms with van der Waals surface area (Å²) in [6, 6.07) is 36.5. The molecule has 0 aliphatic heterocycles. The van der Waals surface area contributed by atoms with Crippen molar-refractivity contribution in [3.8, 4) is 33.4 Å². The van der Waals surface area contributed by atoms with Crippen molar-refractivity contribution >= 4 is 65.0 Å². The highest BCUT2D eigenvalue weighted by atomic mass is 16.3. The van der Waals surface area contributed by atoms with E-state index in [0.717, 1.165) is 43.4 Å². The molecule has 0 atom stereocenters. The minimum absolute atomic E-state index is 0.177. The predicted octanol–water partition coefficient (Wildman–Crippen LogP) is 13.2. The number of para-hydroxylation sites is 1. The van der Waals surface area contributed by atoms with Crippen LogP contribution in [0.4, 0.5) is 0 Å². The van der Waals surface area contributed by atoms with Gasteiger partial charge in [-0.15, -0.1) is 0 Å². The van der Waals surface area contributed by atoms with Crippen LogP contribution in [0.2, 0.25) is 0 Å². The van der Waals surface area contributed by atoms with Crippen molar-refractivity contribution in [2.24, 2.45) is 0 Å². The van der Waals surface area contributed by atoms with Gasteiger partial charge in [0.05, 0.1) is 11.0 Å². The minimum Gasteiger partial charge on any atom is -0.456 e. The lowest BCUT2D eigenvalue weighted by atomic mass is 9.85. The molecule has 0 bridgehead atoms. The highest BCUT2D eigenvalue weighted by Gasteiger charge is 2.18. The Morgan fingerprint density at radius 3 is 1.68 bits per heavy atom. The fraction of sp³-hybridized carbons (Fsp3) is 0. The van der Waals surface area contributed by atoms with Crippen molar-refractivity contribution in [1.29, 1.82) is 0 Å². The molecule has 1 nitrogen and oxygen atoms in total. The van der Waals surface area contributed by atoms with Gasteiger partial charge in [0.15, 0.2) is 0 Å². The Hall–Kier alpha value is -6.18. The van der Waals surface area contributed by atoms with Crippen LogP contribution < -0.4 is 0 Å². The number of fused-ring (bicyclic) bond motifs is 8. The van der Waals surface area contributed by atoms with E-state index in [2.05, 4.69) is 36.4 Å². The molecule has 218 valence electrons. The Labute approximate surface area is 283 Å². The molecule has 0 fully saturated rings. The van der Waals surface area contributed by atoms with E-state index in [1.807, 2.05) is 72.8 Å². The second-order valence-corrected chi connectivity index (χ2v) is 11.8. The van der Waals surface area contributed by atoms with Gasteiger partial charge in [0, 0.05) is 10.8 Å². The highest BCUT2D eigenvalue weighted by molar-refractivity contribution is 6.22. The van der Waals surface area contributed by atoms with Crippen LogP contribution in [0, 0.1) is 0 Å². The molecule has 0 radical (unpaired) electrons. The Morgan fingerprint density at radius 2 is 0.936 bits per heavy atom. The molecule has 0 aliphatic rings. The van der Waals surface area contributed by atoms with Crippen LogP contribution in [-0.4, -0.2) is 0 Å². The van der Waals surface area contributed by atoms with Crippen LogP contribution in [-0.2, 0) is 0 Å². The normalized spacial score (nSPS) is 14.2. The van der Waals surface area contributed by atoms with Crippen LogP contribution in [0.25, 0.3) is 98.4 Å². The lowest BCUT2D eigenvalue weighted by Crippen LogP contribution is -1.91. The second kappa shape index (κ2) is 10.2. The quantitative estimate of drug-likeness (QED) is 0.144. The molecule has 0 spiro atoms. The molecule has 1 heterocycles. The van der Waals surface area contributed by atoms with E-state index in [9.17, 15) is 5.48 Å². The SMILES string of the molecule is [2H]c1c([2H])c([2H])c2c(-c3ccc4oc5ccccc5c4c3)c3c([2H])c([2H])c([2H])c([2H])c3c(-c3ccc(-c4cccc5c4ccc4ccccc45)cc3)c2c1[2H]. The first-order chi connectivity index (χ1) is 26.6. The zero-order valence-electron chi connectivity index (χ0n) is 33.0. The molecule has 1 aromatic heterocycles. The number of rotatable bonds is 3. The third-order valence-corrected chi connectivity index (χ3v) is 9.31. The molecule has 0 saturated heterocycles. The first-order valence-electron chi connectivity index (χ1n) is 19.5. The summed E-state index contributed by atoms with van der Waals surface area (Å²) in [5, 5.41) is 6.86. The van der Waals surface area contributed by atoms with E-state index >= 15 is 0 Å². The third kappa shape index (κ3) is 3.97. The van der Waals surface area contributed by atoms with Gasteiger partial charge in [-0.2, -0.15) is 0 Å². The number of hydrogen-bond donors (Lipinski definition) is 0. The van der Waals surface area contributed by atoms with Crippen molar-refractivity contribution in [2.45, 2.75) is 0 Å². The highest BCUT2D eigenvalue weighted by Crippen LogP contribution is 2.45. The van der Waals surface area contributed by atoms with Gasteiger partial charge in [0.25, 0.3) is 0 Å². The number of hydrogen-bond acceptors (Lipinski definition) is 1. The summed E-state index contributed by atoms with van der Waals surface area (Å²) >= 11 is 0. The largest absolute Gasteiger partial charge is 0.456 e. The van der Waals surface area contributed by atoms with Gasteiger partial charge in [-0.1, -0.05) is 151 Å². The lowest BCUT2D eigenvalue weighted by Gasteiger charge is -2.18. The summed E-state index contributed by atoms with van der Waals surface area (Å²) in [6.45, 7) is 0. The summed E-state index contributed by atoms with van der Waals surface area (Å²) in [5.41, 5.74) is 4.97. The molecule has 10 rings (SSSR count). The maximum atomic E-state index is 9.32. The molecular weight excluding hydrogens is 569 g/mol. The third-order valence-electron chi connectivity index (χ3n) is 9.31. The molecule has 9 aromatic carbocycles. The fourth-order valence-corrected chi connectivity index (χ4v) is 7.19.